The molecule has 0 atom stereocenters. The highest BCUT2D eigenvalue weighted by Gasteiger charge is 2.20. The van der Waals surface area contributed by atoms with Gasteiger partial charge in [0.15, 0.2) is 6.29 Å². The fraction of sp³-hybridized carbons (Fsp3) is 0.625. The second-order valence-electron chi connectivity index (χ2n) is 5.10. The molecule has 0 radical (unpaired) electrons. The van der Waals surface area contributed by atoms with Gasteiger partial charge in [0.05, 0.1) is 0 Å². The summed E-state index contributed by atoms with van der Waals surface area (Å²) in [6, 6.07) is 8.06. The second kappa shape index (κ2) is 8.59. The standard InChI is InChI=1S/C16H25ClN2O2/c1-3-20-16(21-4-2)13-18-9-11-19(12-10-18)15-7-5-14(17)6-8-15/h5-8,16H,3-4,9-13H2,1-2H3. The van der Waals surface area contributed by atoms with Crippen molar-refractivity contribution in [3.63, 3.8) is 0 Å². The summed E-state index contributed by atoms with van der Waals surface area (Å²) in [4.78, 5) is 4.80. The summed E-state index contributed by atoms with van der Waals surface area (Å²) in [5.74, 6) is 0. The van der Waals surface area contributed by atoms with E-state index in [4.69, 9.17) is 21.1 Å². The third kappa shape index (κ3) is 5.15. The number of benzene rings is 1. The molecule has 1 aromatic carbocycles. The van der Waals surface area contributed by atoms with E-state index in [0.29, 0.717) is 13.2 Å². The highest BCUT2D eigenvalue weighted by Crippen LogP contribution is 2.19. The molecule has 0 bridgehead atoms. The van der Waals surface area contributed by atoms with E-state index in [9.17, 15) is 0 Å². The lowest BCUT2D eigenvalue weighted by atomic mass is 10.2. The van der Waals surface area contributed by atoms with E-state index in [1.807, 2.05) is 26.0 Å². The molecule has 5 heteroatoms. The van der Waals surface area contributed by atoms with Crippen molar-refractivity contribution < 1.29 is 9.47 Å². The van der Waals surface area contributed by atoms with Crippen LogP contribution in [0.25, 0.3) is 0 Å². The van der Waals surface area contributed by atoms with Crippen molar-refractivity contribution in [2.24, 2.45) is 0 Å². The maximum atomic E-state index is 5.94. The molecule has 0 saturated carbocycles. The lowest BCUT2D eigenvalue weighted by molar-refractivity contribution is -0.147. The Morgan fingerprint density at radius 2 is 1.57 bits per heavy atom. The molecule has 0 amide bonds. The highest BCUT2D eigenvalue weighted by molar-refractivity contribution is 6.30. The van der Waals surface area contributed by atoms with E-state index in [2.05, 4.69) is 21.9 Å². The van der Waals surface area contributed by atoms with Crippen molar-refractivity contribution in [2.45, 2.75) is 20.1 Å². The Hall–Kier alpha value is -0.810. The summed E-state index contributed by atoms with van der Waals surface area (Å²) in [5, 5.41) is 0.786. The van der Waals surface area contributed by atoms with Crippen LogP contribution in [0.2, 0.25) is 5.02 Å². The van der Waals surface area contributed by atoms with Crippen molar-refractivity contribution in [3.05, 3.63) is 29.3 Å². The summed E-state index contributed by atoms with van der Waals surface area (Å²) in [5.41, 5.74) is 1.24. The van der Waals surface area contributed by atoms with Crippen molar-refractivity contribution in [3.8, 4) is 0 Å². The number of piperazine rings is 1. The van der Waals surface area contributed by atoms with Crippen LogP contribution in [0, 0.1) is 0 Å². The van der Waals surface area contributed by atoms with Crippen molar-refractivity contribution in [1.29, 1.82) is 0 Å². The molecule has 1 aliphatic rings. The van der Waals surface area contributed by atoms with Gasteiger partial charge in [0.25, 0.3) is 0 Å². The first-order valence-electron chi connectivity index (χ1n) is 7.69. The van der Waals surface area contributed by atoms with Crippen LogP contribution in [0.4, 0.5) is 5.69 Å². The van der Waals surface area contributed by atoms with Gasteiger partial charge in [-0.05, 0) is 38.1 Å². The fourth-order valence-electron chi connectivity index (χ4n) is 2.58. The predicted molar refractivity (Wildman–Crippen MR) is 87.1 cm³/mol. The Morgan fingerprint density at radius 3 is 2.10 bits per heavy atom. The number of rotatable bonds is 7. The largest absolute Gasteiger partial charge is 0.369 e. The molecule has 21 heavy (non-hydrogen) atoms. The van der Waals surface area contributed by atoms with E-state index in [1.54, 1.807) is 0 Å². The summed E-state index contributed by atoms with van der Waals surface area (Å²) >= 11 is 5.94. The van der Waals surface area contributed by atoms with Gasteiger partial charge >= 0.3 is 0 Å². The number of nitrogens with zero attached hydrogens (tertiary/aromatic N) is 2. The molecule has 0 N–H and O–H groups in total. The van der Waals surface area contributed by atoms with Crippen LogP contribution in [0.5, 0.6) is 0 Å². The van der Waals surface area contributed by atoms with E-state index < -0.39 is 0 Å². The van der Waals surface area contributed by atoms with Gasteiger partial charge in [0.2, 0.25) is 0 Å². The minimum absolute atomic E-state index is 0.109. The van der Waals surface area contributed by atoms with Crippen LogP contribution in [0.15, 0.2) is 24.3 Å². The molecule has 0 aromatic heterocycles. The lowest BCUT2D eigenvalue weighted by Crippen LogP contribution is -2.49. The maximum Gasteiger partial charge on any atom is 0.170 e. The Bertz CT molecular complexity index is 399. The molecule has 2 rings (SSSR count). The van der Waals surface area contributed by atoms with Gasteiger partial charge in [-0.3, -0.25) is 4.90 Å². The molecule has 4 nitrogen and oxygen atoms in total. The third-order valence-corrected chi connectivity index (χ3v) is 3.93. The molecule has 0 spiro atoms. The van der Waals surface area contributed by atoms with Crippen LogP contribution in [0.1, 0.15) is 13.8 Å². The molecule has 1 aliphatic heterocycles. The zero-order valence-corrected chi connectivity index (χ0v) is 13.7. The first-order chi connectivity index (χ1) is 10.2. The molecule has 1 heterocycles. The predicted octanol–water partition coefficient (Wildman–Crippen LogP) is 2.86. The number of ether oxygens (including phenoxy) is 2. The van der Waals surface area contributed by atoms with Crippen molar-refractivity contribution in [1.82, 2.24) is 4.90 Å². The monoisotopic (exact) mass is 312 g/mol. The van der Waals surface area contributed by atoms with Gasteiger partial charge in [-0.25, -0.2) is 0 Å². The number of hydrogen-bond acceptors (Lipinski definition) is 4. The Morgan fingerprint density at radius 1 is 1.00 bits per heavy atom. The lowest BCUT2D eigenvalue weighted by Gasteiger charge is -2.37. The smallest absolute Gasteiger partial charge is 0.170 e. The van der Waals surface area contributed by atoms with Gasteiger partial charge in [-0.15, -0.1) is 0 Å². The van der Waals surface area contributed by atoms with Gasteiger partial charge in [-0.2, -0.15) is 0 Å². The number of anilines is 1. The summed E-state index contributed by atoms with van der Waals surface area (Å²) < 4.78 is 11.2. The first-order valence-corrected chi connectivity index (χ1v) is 8.06. The average Bonchev–Trinajstić information content (AvgIpc) is 2.49. The number of halogens is 1. The zero-order valence-electron chi connectivity index (χ0n) is 12.9. The zero-order chi connectivity index (χ0) is 15.1. The summed E-state index contributed by atoms with van der Waals surface area (Å²) in [6.45, 7) is 10.3. The highest BCUT2D eigenvalue weighted by atomic mass is 35.5. The van der Waals surface area contributed by atoms with Gasteiger partial charge in [-0.1, -0.05) is 11.6 Å². The average molecular weight is 313 g/mol. The molecular weight excluding hydrogens is 288 g/mol. The molecule has 118 valence electrons. The normalized spacial score (nSPS) is 16.7. The Kier molecular flexibility index (Phi) is 6.77. The van der Waals surface area contributed by atoms with E-state index in [0.717, 1.165) is 37.7 Å². The minimum atomic E-state index is -0.109. The van der Waals surface area contributed by atoms with E-state index >= 15 is 0 Å². The molecular formula is C16H25ClN2O2. The number of hydrogen-bond donors (Lipinski definition) is 0. The molecule has 0 aliphatic carbocycles. The quantitative estimate of drug-likeness (QED) is 0.723. The van der Waals surface area contributed by atoms with E-state index in [-0.39, 0.29) is 6.29 Å². The van der Waals surface area contributed by atoms with Crippen LogP contribution < -0.4 is 4.90 Å². The van der Waals surface area contributed by atoms with Crippen LogP contribution in [-0.4, -0.2) is 57.1 Å². The SMILES string of the molecule is CCOC(CN1CCN(c2ccc(Cl)cc2)CC1)OCC. The summed E-state index contributed by atoms with van der Waals surface area (Å²) in [7, 11) is 0. The van der Waals surface area contributed by atoms with Crippen LogP contribution in [-0.2, 0) is 9.47 Å². The second-order valence-corrected chi connectivity index (χ2v) is 5.54. The van der Waals surface area contributed by atoms with E-state index in [1.165, 1.54) is 5.69 Å². The maximum absolute atomic E-state index is 5.94. The minimum Gasteiger partial charge on any atom is -0.369 e. The Balaban J connectivity index is 1.80. The molecule has 1 saturated heterocycles. The summed E-state index contributed by atoms with van der Waals surface area (Å²) in [6.07, 6.45) is -0.109. The van der Waals surface area contributed by atoms with Gasteiger partial charge in [0, 0.05) is 56.6 Å². The van der Waals surface area contributed by atoms with Crippen LogP contribution >= 0.6 is 11.6 Å². The topological polar surface area (TPSA) is 24.9 Å². The molecule has 1 aromatic rings. The Labute approximate surface area is 132 Å². The molecule has 0 unspecified atom stereocenters. The van der Waals surface area contributed by atoms with Gasteiger partial charge in [0.1, 0.15) is 0 Å². The molecule has 1 fully saturated rings. The van der Waals surface area contributed by atoms with Crippen molar-refractivity contribution >= 4 is 17.3 Å². The van der Waals surface area contributed by atoms with Crippen LogP contribution in [0.3, 0.4) is 0 Å². The fourth-order valence-corrected chi connectivity index (χ4v) is 2.70. The van der Waals surface area contributed by atoms with Gasteiger partial charge < -0.3 is 14.4 Å². The first kappa shape index (κ1) is 16.6. The third-order valence-electron chi connectivity index (χ3n) is 3.68. The van der Waals surface area contributed by atoms with Crippen molar-refractivity contribution in [2.75, 3.05) is 50.8 Å².